The minimum atomic E-state index is 0.459. The molecule has 4 heterocycles. The van der Waals surface area contributed by atoms with Gasteiger partial charge in [0.15, 0.2) is 0 Å². The molecule has 0 aromatic rings. The van der Waals surface area contributed by atoms with Crippen LogP contribution in [0.15, 0.2) is 0 Å². The molecule has 1 amide bonds. The molecule has 0 aliphatic carbocycles. The highest BCUT2D eigenvalue weighted by molar-refractivity contribution is 5.77. The van der Waals surface area contributed by atoms with Crippen LogP contribution in [0.5, 0.6) is 0 Å². The van der Waals surface area contributed by atoms with E-state index in [1.165, 1.54) is 45.2 Å². The third-order valence-corrected chi connectivity index (χ3v) is 6.07. The van der Waals surface area contributed by atoms with Crippen molar-refractivity contribution in [1.82, 2.24) is 4.90 Å². The van der Waals surface area contributed by atoms with E-state index >= 15 is 0 Å². The molecule has 3 nitrogen and oxygen atoms in total. The summed E-state index contributed by atoms with van der Waals surface area (Å²) in [6.07, 6.45) is 8.92. The number of piperidine rings is 4. The van der Waals surface area contributed by atoms with Gasteiger partial charge in [0.2, 0.25) is 5.91 Å². The van der Waals surface area contributed by atoms with Crippen LogP contribution in [0.1, 0.15) is 44.9 Å². The SMILES string of the molecule is O=C1CCCC2C3CC(CN12)C1CCCC[NH+]1C3. The third kappa shape index (κ3) is 1.63. The lowest BCUT2D eigenvalue weighted by Crippen LogP contribution is -3.19. The summed E-state index contributed by atoms with van der Waals surface area (Å²) in [7, 11) is 0. The number of fused-ring (bicyclic) bond motifs is 6. The first-order valence-electron chi connectivity index (χ1n) is 7.97. The maximum absolute atomic E-state index is 12.1. The average Bonchev–Trinajstić information content (AvgIpc) is 2.40. The minimum absolute atomic E-state index is 0.459. The van der Waals surface area contributed by atoms with Gasteiger partial charge in [0.25, 0.3) is 0 Å². The Kier molecular flexibility index (Phi) is 2.65. The zero-order valence-electron chi connectivity index (χ0n) is 11.2. The predicted molar refractivity (Wildman–Crippen MR) is 69.3 cm³/mol. The van der Waals surface area contributed by atoms with Crippen LogP contribution in [0, 0.1) is 11.8 Å². The van der Waals surface area contributed by atoms with Crippen molar-refractivity contribution >= 4 is 5.91 Å². The predicted octanol–water partition coefficient (Wildman–Crippen LogP) is 0.455. The summed E-state index contributed by atoms with van der Waals surface area (Å²) in [6, 6.07) is 1.49. The summed E-state index contributed by atoms with van der Waals surface area (Å²) in [5.41, 5.74) is 0. The standard InChI is InChI=1S/C15H24N2O/c18-15-6-3-5-14-11-8-12(10-17(14)15)13-4-1-2-7-16(13)9-11/h11-14H,1-10H2/p+1. The number of rotatable bonds is 0. The summed E-state index contributed by atoms with van der Waals surface area (Å²) in [5.74, 6) is 2.09. The van der Waals surface area contributed by atoms with Crippen molar-refractivity contribution in [2.24, 2.45) is 11.8 Å². The number of hydrogen-bond donors (Lipinski definition) is 1. The number of carbonyl (C=O) groups is 1. The number of amides is 1. The zero-order valence-corrected chi connectivity index (χ0v) is 11.2. The summed E-state index contributed by atoms with van der Waals surface area (Å²) in [5, 5.41) is 0. The van der Waals surface area contributed by atoms with Gasteiger partial charge in [0.05, 0.1) is 19.1 Å². The molecule has 0 aromatic heterocycles. The minimum Gasteiger partial charge on any atom is -0.339 e. The van der Waals surface area contributed by atoms with Crippen molar-refractivity contribution in [1.29, 1.82) is 0 Å². The molecular weight excluding hydrogens is 224 g/mol. The van der Waals surface area contributed by atoms with Gasteiger partial charge in [-0.25, -0.2) is 0 Å². The molecule has 100 valence electrons. The van der Waals surface area contributed by atoms with E-state index < -0.39 is 0 Å². The molecule has 3 heteroatoms. The second kappa shape index (κ2) is 4.22. The summed E-state index contributed by atoms with van der Waals surface area (Å²) in [6.45, 7) is 3.85. The maximum atomic E-state index is 12.1. The van der Waals surface area contributed by atoms with Crippen LogP contribution >= 0.6 is 0 Å². The van der Waals surface area contributed by atoms with Crippen molar-refractivity contribution in [3.05, 3.63) is 0 Å². The second-order valence-electron chi connectivity index (χ2n) is 6.98. The highest BCUT2D eigenvalue weighted by atomic mass is 16.2. The highest BCUT2D eigenvalue weighted by Crippen LogP contribution is 2.37. The molecule has 0 aromatic carbocycles. The molecule has 0 radical (unpaired) electrons. The van der Waals surface area contributed by atoms with Gasteiger partial charge < -0.3 is 9.80 Å². The lowest BCUT2D eigenvalue weighted by molar-refractivity contribution is -0.945. The van der Waals surface area contributed by atoms with Crippen LogP contribution < -0.4 is 4.90 Å². The fourth-order valence-corrected chi connectivity index (χ4v) is 5.32. The summed E-state index contributed by atoms with van der Waals surface area (Å²) in [4.78, 5) is 16.3. The molecule has 4 rings (SSSR count). The number of carbonyl (C=O) groups excluding carboxylic acids is 1. The largest absolute Gasteiger partial charge is 0.339 e. The molecule has 5 unspecified atom stereocenters. The fourth-order valence-electron chi connectivity index (χ4n) is 5.32. The highest BCUT2D eigenvalue weighted by Gasteiger charge is 2.50. The van der Waals surface area contributed by atoms with Crippen LogP contribution in [0.2, 0.25) is 0 Å². The third-order valence-electron chi connectivity index (χ3n) is 6.07. The van der Waals surface area contributed by atoms with Crippen molar-refractivity contribution in [2.45, 2.75) is 57.0 Å². The normalized spacial score (nSPS) is 47.4. The molecule has 0 spiro atoms. The zero-order chi connectivity index (χ0) is 12.1. The van der Waals surface area contributed by atoms with E-state index in [9.17, 15) is 4.79 Å². The van der Waals surface area contributed by atoms with E-state index in [-0.39, 0.29) is 0 Å². The van der Waals surface area contributed by atoms with Crippen molar-refractivity contribution in [3.63, 3.8) is 0 Å². The molecule has 4 saturated heterocycles. The monoisotopic (exact) mass is 249 g/mol. The van der Waals surface area contributed by atoms with Crippen molar-refractivity contribution in [2.75, 3.05) is 19.6 Å². The molecule has 5 atom stereocenters. The fraction of sp³-hybridized carbons (Fsp3) is 0.933. The molecule has 4 fully saturated rings. The lowest BCUT2D eigenvalue weighted by atomic mass is 9.71. The van der Waals surface area contributed by atoms with Gasteiger partial charge in [-0.1, -0.05) is 0 Å². The van der Waals surface area contributed by atoms with E-state index in [1.54, 1.807) is 0 Å². The Morgan fingerprint density at radius 2 is 2.06 bits per heavy atom. The smallest absolute Gasteiger partial charge is 0.222 e. The van der Waals surface area contributed by atoms with E-state index in [1.807, 2.05) is 4.90 Å². The Labute approximate surface area is 110 Å². The van der Waals surface area contributed by atoms with E-state index in [0.717, 1.165) is 37.3 Å². The Hall–Kier alpha value is -0.570. The van der Waals surface area contributed by atoms with E-state index in [2.05, 4.69) is 4.90 Å². The van der Waals surface area contributed by atoms with Crippen molar-refractivity contribution < 1.29 is 9.69 Å². The Morgan fingerprint density at radius 3 is 3.00 bits per heavy atom. The first-order chi connectivity index (χ1) is 8.83. The molecular formula is C15H25N2O+. The first kappa shape index (κ1) is 11.3. The lowest BCUT2D eigenvalue weighted by Gasteiger charge is -2.54. The molecule has 0 saturated carbocycles. The van der Waals surface area contributed by atoms with E-state index in [0.29, 0.717) is 11.9 Å². The van der Waals surface area contributed by atoms with Gasteiger partial charge in [-0.2, -0.15) is 0 Å². The van der Waals surface area contributed by atoms with Crippen LogP contribution in [0.3, 0.4) is 0 Å². The first-order valence-corrected chi connectivity index (χ1v) is 7.97. The van der Waals surface area contributed by atoms with Gasteiger partial charge in [0, 0.05) is 30.8 Å². The van der Waals surface area contributed by atoms with Crippen LogP contribution in [-0.4, -0.2) is 42.5 Å². The van der Waals surface area contributed by atoms with Gasteiger partial charge in [-0.3, -0.25) is 4.79 Å². The Morgan fingerprint density at radius 1 is 1.11 bits per heavy atom. The van der Waals surface area contributed by atoms with Crippen LogP contribution in [0.4, 0.5) is 0 Å². The summed E-state index contributed by atoms with van der Waals surface area (Å²) < 4.78 is 0. The van der Waals surface area contributed by atoms with Crippen LogP contribution in [-0.2, 0) is 4.79 Å². The number of hydrogen-bond acceptors (Lipinski definition) is 1. The average molecular weight is 249 g/mol. The maximum Gasteiger partial charge on any atom is 0.222 e. The molecule has 4 aliphatic rings. The van der Waals surface area contributed by atoms with Gasteiger partial charge in [-0.05, 0) is 38.5 Å². The molecule has 2 bridgehead atoms. The van der Waals surface area contributed by atoms with Gasteiger partial charge in [-0.15, -0.1) is 0 Å². The number of quaternary nitrogens is 1. The molecule has 18 heavy (non-hydrogen) atoms. The van der Waals surface area contributed by atoms with Gasteiger partial charge in [0.1, 0.15) is 0 Å². The quantitative estimate of drug-likeness (QED) is 0.662. The topological polar surface area (TPSA) is 24.8 Å². The molecule has 1 N–H and O–H groups in total. The molecule has 4 aliphatic heterocycles. The Balaban J connectivity index is 1.59. The number of nitrogens with one attached hydrogen (secondary N) is 1. The van der Waals surface area contributed by atoms with E-state index in [4.69, 9.17) is 0 Å². The van der Waals surface area contributed by atoms with Crippen LogP contribution in [0.25, 0.3) is 0 Å². The van der Waals surface area contributed by atoms with Gasteiger partial charge >= 0.3 is 0 Å². The number of nitrogens with zero attached hydrogens (tertiary/aromatic N) is 1. The van der Waals surface area contributed by atoms with Crippen molar-refractivity contribution in [3.8, 4) is 0 Å². The Bertz CT molecular complexity index is 356. The summed E-state index contributed by atoms with van der Waals surface area (Å²) >= 11 is 0. The second-order valence-corrected chi connectivity index (χ2v) is 6.98.